The lowest BCUT2D eigenvalue weighted by atomic mass is 9.92. The number of nitrogens with zero attached hydrogens (tertiary/aromatic N) is 2. The van der Waals surface area contributed by atoms with Crippen molar-refractivity contribution in [2.24, 2.45) is 0 Å². The summed E-state index contributed by atoms with van der Waals surface area (Å²) in [6, 6.07) is 26.1. The van der Waals surface area contributed by atoms with E-state index >= 15 is 0 Å². The first-order valence-corrected chi connectivity index (χ1v) is 10.1. The summed E-state index contributed by atoms with van der Waals surface area (Å²) in [6.45, 7) is 4.58. The Hall–Kier alpha value is -3.66. The van der Waals surface area contributed by atoms with E-state index in [0.29, 0.717) is 12.4 Å². The number of hydrogen-bond acceptors (Lipinski definition) is 3. The van der Waals surface area contributed by atoms with Crippen molar-refractivity contribution in [2.75, 3.05) is 11.9 Å². The van der Waals surface area contributed by atoms with Crippen LogP contribution in [0.3, 0.4) is 0 Å². The largest absolute Gasteiger partial charge is 0.384 e. The Labute approximate surface area is 177 Å². The zero-order valence-corrected chi connectivity index (χ0v) is 17.2. The molecule has 0 amide bonds. The number of nitrogens with one attached hydrogen (secondary N) is 1. The molecule has 0 saturated carbocycles. The number of anilines is 1. The van der Waals surface area contributed by atoms with Gasteiger partial charge in [0.1, 0.15) is 0 Å². The van der Waals surface area contributed by atoms with Crippen molar-refractivity contribution in [3.05, 3.63) is 114 Å². The molecular weight excluding hydrogens is 370 g/mol. The molecule has 0 radical (unpaired) electrons. The highest BCUT2D eigenvalue weighted by molar-refractivity contribution is 5.99. The molecule has 1 N–H and O–H groups in total. The van der Waals surface area contributed by atoms with E-state index in [1.807, 2.05) is 97.4 Å². The second-order valence-electron chi connectivity index (χ2n) is 7.49. The number of carbonyl (C=O) groups excluding carboxylic acids is 1. The monoisotopic (exact) mass is 395 g/mol. The van der Waals surface area contributed by atoms with Crippen molar-refractivity contribution in [3.8, 4) is 5.69 Å². The van der Waals surface area contributed by atoms with E-state index in [9.17, 15) is 4.79 Å². The van der Waals surface area contributed by atoms with Crippen LogP contribution in [0.4, 0.5) is 5.69 Å². The standard InChI is InChI=1S/C26H25N3O/c1-19-9-8-11-21(17-19)23(18-28-22-12-4-3-5-13-22)25(30)26-27-15-16-29(26)24-14-7-6-10-20(24)2/h3-17,23,28H,18H2,1-2H3/t23-/m1/s1. The third kappa shape index (κ3) is 4.18. The number of aromatic nitrogens is 2. The van der Waals surface area contributed by atoms with E-state index in [4.69, 9.17) is 0 Å². The van der Waals surface area contributed by atoms with Gasteiger partial charge >= 0.3 is 0 Å². The Morgan fingerprint density at radius 3 is 2.50 bits per heavy atom. The van der Waals surface area contributed by atoms with Crippen molar-refractivity contribution < 1.29 is 4.79 Å². The lowest BCUT2D eigenvalue weighted by Gasteiger charge is -2.19. The fraction of sp³-hybridized carbons (Fsp3) is 0.154. The maximum atomic E-state index is 13.7. The van der Waals surface area contributed by atoms with Crippen LogP contribution in [0.2, 0.25) is 0 Å². The van der Waals surface area contributed by atoms with Crippen LogP contribution in [0.25, 0.3) is 5.69 Å². The first-order valence-electron chi connectivity index (χ1n) is 10.1. The molecule has 1 atom stereocenters. The van der Waals surface area contributed by atoms with Gasteiger partial charge in [0.2, 0.25) is 5.78 Å². The Bertz CT molecular complexity index is 1150. The second-order valence-corrected chi connectivity index (χ2v) is 7.49. The van der Waals surface area contributed by atoms with Crippen LogP contribution in [0.5, 0.6) is 0 Å². The fourth-order valence-electron chi connectivity index (χ4n) is 3.69. The topological polar surface area (TPSA) is 46.9 Å². The van der Waals surface area contributed by atoms with E-state index in [1.54, 1.807) is 6.20 Å². The zero-order chi connectivity index (χ0) is 20.9. The van der Waals surface area contributed by atoms with Crippen LogP contribution < -0.4 is 5.32 Å². The third-order valence-corrected chi connectivity index (χ3v) is 5.28. The molecule has 1 heterocycles. The Morgan fingerprint density at radius 2 is 1.73 bits per heavy atom. The van der Waals surface area contributed by atoms with Crippen LogP contribution >= 0.6 is 0 Å². The number of hydrogen-bond donors (Lipinski definition) is 1. The maximum Gasteiger partial charge on any atom is 0.207 e. The number of imidazole rings is 1. The molecule has 4 rings (SSSR count). The summed E-state index contributed by atoms with van der Waals surface area (Å²) in [7, 11) is 0. The van der Waals surface area contributed by atoms with Gasteiger partial charge in [0.05, 0.1) is 11.6 Å². The van der Waals surface area contributed by atoms with Gasteiger partial charge in [-0.05, 0) is 43.2 Å². The summed E-state index contributed by atoms with van der Waals surface area (Å²) >= 11 is 0. The molecule has 0 spiro atoms. The number of aryl methyl sites for hydroxylation is 2. The van der Waals surface area contributed by atoms with Crippen LogP contribution in [-0.4, -0.2) is 21.9 Å². The minimum absolute atomic E-state index is 0.00251. The third-order valence-electron chi connectivity index (χ3n) is 5.28. The SMILES string of the molecule is Cc1cccc([C@@H](CNc2ccccc2)C(=O)c2nccn2-c2ccccc2C)c1. The first-order chi connectivity index (χ1) is 14.6. The summed E-state index contributed by atoms with van der Waals surface area (Å²) in [5, 5.41) is 3.42. The highest BCUT2D eigenvalue weighted by Gasteiger charge is 2.26. The molecular formula is C26H25N3O. The normalized spacial score (nSPS) is 11.8. The highest BCUT2D eigenvalue weighted by Crippen LogP contribution is 2.25. The lowest BCUT2D eigenvalue weighted by molar-refractivity contribution is 0.0952. The van der Waals surface area contributed by atoms with E-state index in [1.165, 1.54) is 0 Å². The summed E-state index contributed by atoms with van der Waals surface area (Å²) < 4.78 is 1.89. The zero-order valence-electron chi connectivity index (χ0n) is 17.2. The van der Waals surface area contributed by atoms with Gasteiger partial charge in [-0.2, -0.15) is 0 Å². The van der Waals surface area contributed by atoms with Gasteiger partial charge < -0.3 is 5.32 Å². The maximum absolute atomic E-state index is 13.7. The van der Waals surface area contributed by atoms with Crippen molar-refractivity contribution in [2.45, 2.75) is 19.8 Å². The van der Waals surface area contributed by atoms with Gasteiger partial charge in [0.25, 0.3) is 0 Å². The fourth-order valence-corrected chi connectivity index (χ4v) is 3.69. The van der Waals surface area contributed by atoms with E-state index in [0.717, 1.165) is 28.1 Å². The van der Waals surface area contributed by atoms with Crippen LogP contribution in [-0.2, 0) is 0 Å². The number of Topliss-reactive ketones (excluding diaryl/α,β-unsaturated/α-hetero) is 1. The van der Waals surface area contributed by atoms with E-state index < -0.39 is 0 Å². The molecule has 0 aliphatic rings. The predicted octanol–water partition coefficient (Wildman–Crippen LogP) is 5.57. The second kappa shape index (κ2) is 8.78. The molecule has 3 aromatic carbocycles. The number of para-hydroxylation sites is 2. The number of ketones is 1. The molecule has 0 fully saturated rings. The molecule has 0 saturated heterocycles. The average molecular weight is 396 g/mol. The summed E-state index contributed by atoms with van der Waals surface area (Å²) in [5.74, 6) is 0.0956. The van der Waals surface area contributed by atoms with Gasteiger partial charge in [-0.15, -0.1) is 0 Å². The Balaban J connectivity index is 1.70. The summed E-state index contributed by atoms with van der Waals surface area (Å²) in [4.78, 5) is 18.2. The predicted molar refractivity (Wildman–Crippen MR) is 121 cm³/mol. The molecule has 1 aromatic heterocycles. The minimum atomic E-state index is -0.352. The van der Waals surface area contributed by atoms with Gasteiger partial charge in [-0.25, -0.2) is 4.98 Å². The van der Waals surface area contributed by atoms with Crippen LogP contribution in [0, 0.1) is 13.8 Å². The van der Waals surface area contributed by atoms with Crippen molar-refractivity contribution in [1.29, 1.82) is 0 Å². The van der Waals surface area contributed by atoms with Crippen LogP contribution in [0.1, 0.15) is 33.2 Å². The molecule has 0 aliphatic carbocycles. The van der Waals surface area contributed by atoms with Crippen molar-refractivity contribution in [1.82, 2.24) is 9.55 Å². The molecule has 0 bridgehead atoms. The molecule has 150 valence electrons. The van der Waals surface area contributed by atoms with E-state index in [2.05, 4.69) is 16.4 Å². The van der Waals surface area contributed by atoms with Gasteiger partial charge in [0.15, 0.2) is 5.82 Å². The minimum Gasteiger partial charge on any atom is -0.384 e. The molecule has 30 heavy (non-hydrogen) atoms. The summed E-state index contributed by atoms with van der Waals surface area (Å²) in [6.07, 6.45) is 3.55. The smallest absolute Gasteiger partial charge is 0.207 e. The first kappa shape index (κ1) is 19.6. The molecule has 4 heteroatoms. The lowest BCUT2D eigenvalue weighted by Crippen LogP contribution is -2.24. The van der Waals surface area contributed by atoms with Gasteiger partial charge in [-0.3, -0.25) is 9.36 Å². The highest BCUT2D eigenvalue weighted by atomic mass is 16.1. The average Bonchev–Trinajstić information content (AvgIpc) is 3.24. The quantitative estimate of drug-likeness (QED) is 0.416. The molecule has 4 nitrogen and oxygen atoms in total. The number of rotatable bonds is 7. The molecule has 0 unspecified atom stereocenters. The summed E-state index contributed by atoms with van der Waals surface area (Å²) in [5.41, 5.74) is 5.18. The number of carbonyl (C=O) groups is 1. The molecule has 4 aromatic rings. The Morgan fingerprint density at radius 1 is 0.967 bits per heavy atom. The van der Waals surface area contributed by atoms with Crippen LogP contribution in [0.15, 0.2) is 91.3 Å². The Kier molecular flexibility index (Phi) is 5.75. The van der Waals surface area contributed by atoms with Crippen molar-refractivity contribution in [3.63, 3.8) is 0 Å². The number of benzene rings is 3. The van der Waals surface area contributed by atoms with Crippen molar-refractivity contribution >= 4 is 11.5 Å². The molecule has 0 aliphatic heterocycles. The van der Waals surface area contributed by atoms with Gasteiger partial charge in [0, 0.05) is 24.6 Å². The van der Waals surface area contributed by atoms with E-state index in [-0.39, 0.29) is 11.7 Å². The van der Waals surface area contributed by atoms with Gasteiger partial charge in [-0.1, -0.05) is 66.2 Å².